The molecular weight excluding hydrogens is 268 g/mol. The normalized spacial score (nSPS) is 10.3. The van der Waals surface area contributed by atoms with Crippen LogP contribution in [-0.2, 0) is 17.6 Å². The summed E-state index contributed by atoms with van der Waals surface area (Å²) in [6, 6.07) is 7.79. The number of benzene rings is 1. The van der Waals surface area contributed by atoms with Gasteiger partial charge in [-0.05, 0) is 30.5 Å². The van der Waals surface area contributed by atoms with Crippen LogP contribution < -0.4 is 10.1 Å². The van der Waals surface area contributed by atoms with Crippen LogP contribution in [0.5, 0.6) is 5.75 Å². The Morgan fingerprint density at radius 3 is 3.05 bits per heavy atom. The lowest BCUT2D eigenvalue weighted by Crippen LogP contribution is -2.25. The Labute approximate surface area is 123 Å². The second-order valence-corrected chi connectivity index (χ2v) is 4.74. The van der Waals surface area contributed by atoms with Crippen LogP contribution in [0.3, 0.4) is 0 Å². The Kier molecular flexibility index (Phi) is 5.75. The minimum atomic E-state index is 0.0652. The predicted molar refractivity (Wildman–Crippen MR) is 79.0 cm³/mol. The molecule has 112 valence electrons. The van der Waals surface area contributed by atoms with Crippen LogP contribution in [0.4, 0.5) is 0 Å². The van der Waals surface area contributed by atoms with Crippen LogP contribution in [0.25, 0.3) is 0 Å². The van der Waals surface area contributed by atoms with Gasteiger partial charge in [-0.3, -0.25) is 9.89 Å². The van der Waals surface area contributed by atoms with Crippen molar-refractivity contribution in [2.45, 2.75) is 25.7 Å². The molecule has 0 fully saturated rings. The molecule has 0 atom stereocenters. The largest absolute Gasteiger partial charge is 0.497 e. The smallest absolute Gasteiger partial charge is 0.220 e. The van der Waals surface area contributed by atoms with Crippen molar-refractivity contribution in [3.8, 4) is 5.75 Å². The maximum Gasteiger partial charge on any atom is 0.220 e. The topological polar surface area (TPSA) is 79.9 Å². The van der Waals surface area contributed by atoms with E-state index in [1.165, 1.54) is 6.33 Å². The number of methoxy groups -OCH3 is 1. The van der Waals surface area contributed by atoms with Crippen molar-refractivity contribution in [3.63, 3.8) is 0 Å². The van der Waals surface area contributed by atoms with E-state index in [2.05, 4.69) is 20.5 Å². The van der Waals surface area contributed by atoms with Crippen molar-refractivity contribution in [2.75, 3.05) is 13.7 Å². The molecule has 6 heteroatoms. The predicted octanol–water partition coefficient (Wildman–Crippen LogP) is 1.49. The third-order valence-electron chi connectivity index (χ3n) is 3.15. The maximum atomic E-state index is 11.8. The molecule has 0 aliphatic heterocycles. The molecule has 0 saturated carbocycles. The zero-order valence-corrected chi connectivity index (χ0v) is 12.1. The Morgan fingerprint density at radius 2 is 2.29 bits per heavy atom. The number of carbonyl (C=O) groups excluding carboxylic acids is 1. The molecule has 0 unspecified atom stereocenters. The number of ether oxygens (including phenoxy) is 1. The molecule has 2 rings (SSSR count). The minimum absolute atomic E-state index is 0.0652. The summed E-state index contributed by atoms with van der Waals surface area (Å²) in [5.41, 5.74) is 1.10. The lowest BCUT2D eigenvalue weighted by atomic mass is 10.1. The number of nitrogens with zero attached hydrogens (tertiary/aromatic N) is 2. The van der Waals surface area contributed by atoms with Gasteiger partial charge in [0.25, 0.3) is 0 Å². The number of carbonyl (C=O) groups is 1. The molecular formula is C15H20N4O2. The fraction of sp³-hybridized carbons (Fsp3) is 0.400. The van der Waals surface area contributed by atoms with E-state index in [1.807, 2.05) is 24.3 Å². The number of hydrogen-bond donors (Lipinski definition) is 2. The van der Waals surface area contributed by atoms with Crippen LogP contribution in [-0.4, -0.2) is 34.7 Å². The number of rotatable bonds is 8. The van der Waals surface area contributed by atoms with E-state index in [0.717, 1.165) is 30.0 Å². The summed E-state index contributed by atoms with van der Waals surface area (Å²) in [6.45, 7) is 0.650. The van der Waals surface area contributed by atoms with Gasteiger partial charge >= 0.3 is 0 Å². The first-order valence-corrected chi connectivity index (χ1v) is 7.02. The molecule has 1 heterocycles. The molecule has 21 heavy (non-hydrogen) atoms. The SMILES string of the molecule is COc1cccc(CCC(=O)NCCCc2ncn[nH]2)c1. The van der Waals surface area contributed by atoms with E-state index >= 15 is 0 Å². The molecule has 0 bridgehead atoms. The number of hydrogen-bond acceptors (Lipinski definition) is 4. The zero-order chi connectivity index (χ0) is 14.9. The van der Waals surface area contributed by atoms with Gasteiger partial charge in [-0.2, -0.15) is 5.10 Å². The summed E-state index contributed by atoms with van der Waals surface area (Å²) >= 11 is 0. The Balaban J connectivity index is 1.62. The van der Waals surface area contributed by atoms with Crippen LogP contribution >= 0.6 is 0 Å². The van der Waals surface area contributed by atoms with Gasteiger partial charge in [-0.15, -0.1) is 0 Å². The van der Waals surface area contributed by atoms with Gasteiger partial charge in [0.15, 0.2) is 0 Å². The monoisotopic (exact) mass is 288 g/mol. The van der Waals surface area contributed by atoms with Crippen molar-refractivity contribution in [1.82, 2.24) is 20.5 Å². The van der Waals surface area contributed by atoms with E-state index in [0.29, 0.717) is 19.4 Å². The quantitative estimate of drug-likeness (QED) is 0.721. The average molecular weight is 288 g/mol. The average Bonchev–Trinajstić information content (AvgIpc) is 3.03. The van der Waals surface area contributed by atoms with Crippen LogP contribution in [0.15, 0.2) is 30.6 Å². The number of H-pyrrole nitrogens is 1. The highest BCUT2D eigenvalue weighted by molar-refractivity contribution is 5.76. The molecule has 0 spiro atoms. The summed E-state index contributed by atoms with van der Waals surface area (Å²) in [5.74, 6) is 1.73. The summed E-state index contributed by atoms with van der Waals surface area (Å²) in [5, 5.41) is 9.49. The first kappa shape index (κ1) is 15.0. The van der Waals surface area contributed by atoms with Gasteiger partial charge in [0.2, 0.25) is 5.91 Å². The van der Waals surface area contributed by atoms with Gasteiger partial charge in [0.05, 0.1) is 7.11 Å². The van der Waals surface area contributed by atoms with E-state index < -0.39 is 0 Å². The molecule has 1 aromatic heterocycles. The highest BCUT2D eigenvalue weighted by Crippen LogP contribution is 2.13. The van der Waals surface area contributed by atoms with E-state index in [-0.39, 0.29) is 5.91 Å². The Hall–Kier alpha value is -2.37. The third-order valence-corrected chi connectivity index (χ3v) is 3.15. The maximum absolute atomic E-state index is 11.8. The first-order valence-electron chi connectivity index (χ1n) is 7.02. The highest BCUT2D eigenvalue weighted by atomic mass is 16.5. The van der Waals surface area contributed by atoms with E-state index in [1.54, 1.807) is 7.11 Å². The summed E-state index contributed by atoms with van der Waals surface area (Å²) in [7, 11) is 1.64. The summed E-state index contributed by atoms with van der Waals surface area (Å²) in [6.07, 6.45) is 4.32. The minimum Gasteiger partial charge on any atom is -0.497 e. The van der Waals surface area contributed by atoms with Crippen molar-refractivity contribution in [2.24, 2.45) is 0 Å². The van der Waals surface area contributed by atoms with Crippen LogP contribution in [0.1, 0.15) is 24.2 Å². The number of aromatic amines is 1. The molecule has 2 N–H and O–H groups in total. The Bertz CT molecular complexity index is 555. The summed E-state index contributed by atoms with van der Waals surface area (Å²) < 4.78 is 5.16. The highest BCUT2D eigenvalue weighted by Gasteiger charge is 2.03. The van der Waals surface area contributed by atoms with Crippen molar-refractivity contribution < 1.29 is 9.53 Å². The van der Waals surface area contributed by atoms with E-state index in [9.17, 15) is 4.79 Å². The van der Waals surface area contributed by atoms with Gasteiger partial charge in [0.1, 0.15) is 17.9 Å². The second-order valence-electron chi connectivity index (χ2n) is 4.74. The molecule has 1 aromatic carbocycles. The van der Waals surface area contributed by atoms with E-state index in [4.69, 9.17) is 4.74 Å². The van der Waals surface area contributed by atoms with Gasteiger partial charge < -0.3 is 10.1 Å². The lowest BCUT2D eigenvalue weighted by molar-refractivity contribution is -0.121. The number of aryl methyl sites for hydroxylation is 2. The number of aromatic nitrogens is 3. The Morgan fingerprint density at radius 1 is 1.38 bits per heavy atom. The molecule has 0 radical (unpaired) electrons. The van der Waals surface area contributed by atoms with Crippen LogP contribution in [0.2, 0.25) is 0 Å². The molecule has 2 aromatic rings. The van der Waals surface area contributed by atoms with Crippen molar-refractivity contribution in [1.29, 1.82) is 0 Å². The third kappa shape index (κ3) is 5.25. The van der Waals surface area contributed by atoms with Crippen molar-refractivity contribution in [3.05, 3.63) is 42.0 Å². The molecule has 0 aliphatic rings. The fourth-order valence-electron chi connectivity index (χ4n) is 2.01. The van der Waals surface area contributed by atoms with Gasteiger partial charge in [-0.25, -0.2) is 4.98 Å². The lowest BCUT2D eigenvalue weighted by Gasteiger charge is -2.06. The molecule has 0 saturated heterocycles. The number of nitrogens with one attached hydrogen (secondary N) is 2. The standard InChI is InChI=1S/C15H20N4O2/c1-21-13-5-2-4-12(10-13)7-8-15(20)16-9-3-6-14-17-11-18-19-14/h2,4-5,10-11H,3,6-9H2,1H3,(H,16,20)(H,17,18,19). The number of amides is 1. The fourth-order valence-corrected chi connectivity index (χ4v) is 2.01. The van der Waals surface area contributed by atoms with Crippen molar-refractivity contribution >= 4 is 5.91 Å². The first-order chi connectivity index (χ1) is 10.3. The molecule has 0 aliphatic carbocycles. The zero-order valence-electron chi connectivity index (χ0n) is 12.1. The van der Waals surface area contributed by atoms with Crippen LogP contribution in [0, 0.1) is 0 Å². The second kappa shape index (κ2) is 8.04. The van der Waals surface area contributed by atoms with Gasteiger partial charge in [0, 0.05) is 19.4 Å². The molecule has 1 amide bonds. The molecule has 6 nitrogen and oxygen atoms in total. The van der Waals surface area contributed by atoms with Gasteiger partial charge in [-0.1, -0.05) is 12.1 Å². The summed E-state index contributed by atoms with van der Waals surface area (Å²) in [4.78, 5) is 15.8.